The van der Waals surface area contributed by atoms with Gasteiger partial charge in [0, 0.05) is 18.2 Å². The fraction of sp³-hybridized carbons (Fsp3) is 0.600. The van der Waals surface area contributed by atoms with E-state index in [0.29, 0.717) is 37.8 Å². The molecule has 146 valence electrons. The lowest BCUT2D eigenvalue weighted by atomic mass is 9.90. The summed E-state index contributed by atoms with van der Waals surface area (Å²) in [5.74, 6) is 0.0241. The predicted molar refractivity (Wildman–Crippen MR) is 99.5 cm³/mol. The van der Waals surface area contributed by atoms with Crippen LogP contribution in [0.3, 0.4) is 0 Å². The molecule has 1 aliphatic carbocycles. The molecule has 2 heterocycles. The summed E-state index contributed by atoms with van der Waals surface area (Å²) in [5, 5.41) is 12.7. The topological polar surface area (TPSA) is 82.1 Å². The number of hydrogen-bond donors (Lipinski definition) is 2. The van der Waals surface area contributed by atoms with Crippen molar-refractivity contribution in [1.82, 2.24) is 15.1 Å². The Labute approximate surface area is 159 Å². The lowest BCUT2D eigenvalue weighted by molar-refractivity contribution is -0.187. The molecule has 1 atom stereocenters. The molecule has 2 N–H and O–H groups in total. The number of rotatable bonds is 3. The minimum Gasteiger partial charge on any atom is -0.508 e. The average molecular weight is 373 g/mol. The number of likely N-dealkylation sites (tertiary alicyclic amines) is 1. The van der Waals surface area contributed by atoms with Crippen LogP contribution < -0.4 is 5.32 Å². The minimum absolute atomic E-state index is 0.0475. The molecule has 2 aliphatic heterocycles. The van der Waals surface area contributed by atoms with Gasteiger partial charge >= 0.3 is 0 Å². The van der Waals surface area contributed by atoms with Crippen molar-refractivity contribution in [3.05, 3.63) is 29.8 Å². The Morgan fingerprint density at radius 3 is 2.63 bits per heavy atom. The summed E-state index contributed by atoms with van der Waals surface area (Å²) in [5.41, 5.74) is 0.0774. The van der Waals surface area contributed by atoms with E-state index in [-0.39, 0.29) is 23.6 Å². The number of nitrogens with one attached hydrogen (secondary N) is 1. The molecule has 0 bridgehead atoms. The number of likely N-dealkylation sites (N-methyl/N-ethyl adjacent to an activating group) is 1. The van der Waals surface area contributed by atoms with Gasteiger partial charge in [0.1, 0.15) is 17.4 Å². The number of benzene rings is 1. The molecule has 2 amide bonds. The van der Waals surface area contributed by atoms with Gasteiger partial charge in [0.05, 0.1) is 19.7 Å². The highest BCUT2D eigenvalue weighted by Gasteiger charge is 2.51. The van der Waals surface area contributed by atoms with Crippen LogP contribution in [0.4, 0.5) is 0 Å². The number of aromatic hydroxyl groups is 1. The maximum Gasteiger partial charge on any atom is 0.254 e. The van der Waals surface area contributed by atoms with Gasteiger partial charge in [-0.05, 0) is 38.1 Å². The van der Waals surface area contributed by atoms with E-state index in [2.05, 4.69) is 5.32 Å². The van der Waals surface area contributed by atoms with Gasteiger partial charge in [-0.3, -0.25) is 14.5 Å². The summed E-state index contributed by atoms with van der Waals surface area (Å²) >= 11 is 0. The van der Waals surface area contributed by atoms with E-state index in [1.807, 2.05) is 11.9 Å². The third kappa shape index (κ3) is 3.66. The Bertz CT molecular complexity index is 726. The molecular weight excluding hydrogens is 346 g/mol. The van der Waals surface area contributed by atoms with Crippen molar-refractivity contribution in [2.45, 2.75) is 43.4 Å². The fourth-order valence-electron chi connectivity index (χ4n) is 4.44. The van der Waals surface area contributed by atoms with Crippen molar-refractivity contribution in [1.29, 1.82) is 0 Å². The Morgan fingerprint density at radius 1 is 1.22 bits per heavy atom. The van der Waals surface area contributed by atoms with Crippen LogP contribution in [-0.4, -0.2) is 77.7 Å². The van der Waals surface area contributed by atoms with Crippen LogP contribution in [0.15, 0.2) is 24.3 Å². The second kappa shape index (κ2) is 7.13. The molecule has 0 radical (unpaired) electrons. The number of phenols is 1. The first-order chi connectivity index (χ1) is 13.0. The molecule has 7 heteroatoms. The monoisotopic (exact) mass is 373 g/mol. The molecule has 1 aromatic carbocycles. The van der Waals surface area contributed by atoms with E-state index in [9.17, 15) is 14.7 Å². The number of carbonyl (C=O) groups excluding carboxylic acids is 2. The van der Waals surface area contributed by atoms with Crippen LogP contribution in [0, 0.1) is 0 Å². The number of phenolic OH excluding ortho intramolecular Hbond substituents is 1. The summed E-state index contributed by atoms with van der Waals surface area (Å²) in [6, 6.07) is 6.42. The quantitative estimate of drug-likeness (QED) is 0.825. The first-order valence-electron chi connectivity index (χ1n) is 9.69. The van der Waals surface area contributed by atoms with Crippen LogP contribution in [0.1, 0.15) is 36.0 Å². The third-order valence-electron chi connectivity index (χ3n) is 5.96. The van der Waals surface area contributed by atoms with E-state index in [1.165, 1.54) is 18.9 Å². The molecule has 3 aliphatic rings. The standard InChI is InChI=1S/C20H27N3O4/c1-22-11-20(27-10-17(22)18(25)21-15-6-2-3-7-15)12-23(13-20)19(26)14-5-4-8-16(24)9-14/h4-5,8-9,15,17,24H,2-3,6-7,10-13H2,1H3,(H,21,25). The number of hydrogen-bond acceptors (Lipinski definition) is 5. The first kappa shape index (κ1) is 18.3. The van der Waals surface area contributed by atoms with E-state index in [1.54, 1.807) is 23.1 Å². The number of morpholine rings is 1. The van der Waals surface area contributed by atoms with Gasteiger partial charge in [-0.25, -0.2) is 0 Å². The van der Waals surface area contributed by atoms with Crippen molar-refractivity contribution in [2.75, 3.05) is 33.3 Å². The summed E-state index contributed by atoms with van der Waals surface area (Å²) in [7, 11) is 1.95. The molecule has 4 rings (SSSR count). The van der Waals surface area contributed by atoms with Crippen molar-refractivity contribution in [2.24, 2.45) is 0 Å². The van der Waals surface area contributed by atoms with Gasteiger partial charge in [0.25, 0.3) is 5.91 Å². The number of carbonyl (C=O) groups is 2. The zero-order valence-electron chi connectivity index (χ0n) is 15.7. The SMILES string of the molecule is CN1CC2(CN(C(=O)c3cccc(O)c3)C2)OCC1C(=O)NC1CCCC1. The Kier molecular flexibility index (Phi) is 4.82. The number of ether oxygens (including phenoxy) is 1. The van der Waals surface area contributed by atoms with E-state index >= 15 is 0 Å². The molecule has 1 unspecified atom stereocenters. The van der Waals surface area contributed by atoms with E-state index in [0.717, 1.165) is 12.8 Å². The summed E-state index contributed by atoms with van der Waals surface area (Å²) in [6.45, 7) is 1.98. The lowest BCUT2D eigenvalue weighted by Gasteiger charge is -2.54. The van der Waals surface area contributed by atoms with Crippen LogP contribution in [0.5, 0.6) is 5.75 Å². The molecular formula is C20H27N3O4. The van der Waals surface area contributed by atoms with Crippen LogP contribution in [0.2, 0.25) is 0 Å². The van der Waals surface area contributed by atoms with E-state index < -0.39 is 5.60 Å². The molecule has 2 saturated heterocycles. The second-order valence-electron chi connectivity index (χ2n) is 8.13. The molecule has 1 spiro atoms. The minimum atomic E-state index is -0.397. The van der Waals surface area contributed by atoms with Gasteiger partial charge in [-0.15, -0.1) is 0 Å². The number of nitrogens with zero attached hydrogens (tertiary/aromatic N) is 2. The number of amides is 2. The van der Waals surface area contributed by atoms with Crippen LogP contribution in [0.25, 0.3) is 0 Å². The molecule has 1 saturated carbocycles. The fourth-order valence-corrected chi connectivity index (χ4v) is 4.44. The van der Waals surface area contributed by atoms with E-state index in [4.69, 9.17) is 4.74 Å². The van der Waals surface area contributed by atoms with Crippen LogP contribution in [-0.2, 0) is 9.53 Å². The van der Waals surface area contributed by atoms with Crippen molar-refractivity contribution in [3.63, 3.8) is 0 Å². The smallest absolute Gasteiger partial charge is 0.254 e. The molecule has 27 heavy (non-hydrogen) atoms. The Balaban J connectivity index is 1.31. The largest absolute Gasteiger partial charge is 0.508 e. The normalized spacial score (nSPS) is 25.4. The highest BCUT2D eigenvalue weighted by Crippen LogP contribution is 2.32. The Morgan fingerprint density at radius 2 is 1.96 bits per heavy atom. The Hall–Kier alpha value is -2.12. The lowest BCUT2D eigenvalue weighted by Crippen LogP contribution is -2.73. The zero-order valence-corrected chi connectivity index (χ0v) is 15.7. The van der Waals surface area contributed by atoms with Gasteiger partial charge in [-0.2, -0.15) is 0 Å². The highest BCUT2D eigenvalue weighted by molar-refractivity contribution is 5.95. The van der Waals surface area contributed by atoms with Crippen molar-refractivity contribution in [3.8, 4) is 5.75 Å². The van der Waals surface area contributed by atoms with Crippen LogP contribution >= 0.6 is 0 Å². The summed E-state index contributed by atoms with van der Waals surface area (Å²) < 4.78 is 6.06. The van der Waals surface area contributed by atoms with Gasteiger partial charge in [-0.1, -0.05) is 18.9 Å². The molecule has 1 aromatic rings. The molecule has 3 fully saturated rings. The zero-order chi connectivity index (χ0) is 19.0. The maximum absolute atomic E-state index is 12.6. The predicted octanol–water partition coefficient (Wildman–Crippen LogP) is 0.976. The first-order valence-corrected chi connectivity index (χ1v) is 9.69. The van der Waals surface area contributed by atoms with Crippen molar-refractivity contribution >= 4 is 11.8 Å². The van der Waals surface area contributed by atoms with Gasteiger partial charge in [0.2, 0.25) is 5.91 Å². The third-order valence-corrected chi connectivity index (χ3v) is 5.96. The second-order valence-corrected chi connectivity index (χ2v) is 8.13. The van der Waals surface area contributed by atoms with Crippen molar-refractivity contribution < 1.29 is 19.4 Å². The molecule has 0 aromatic heterocycles. The average Bonchev–Trinajstić information content (AvgIpc) is 3.11. The maximum atomic E-state index is 12.6. The molecule has 7 nitrogen and oxygen atoms in total. The summed E-state index contributed by atoms with van der Waals surface area (Å²) in [4.78, 5) is 28.9. The van der Waals surface area contributed by atoms with Gasteiger partial charge in [0.15, 0.2) is 0 Å². The van der Waals surface area contributed by atoms with Gasteiger partial charge < -0.3 is 20.1 Å². The summed E-state index contributed by atoms with van der Waals surface area (Å²) in [6.07, 6.45) is 4.51. The highest BCUT2D eigenvalue weighted by atomic mass is 16.5.